The molecule has 0 saturated carbocycles. The lowest BCUT2D eigenvalue weighted by Crippen LogP contribution is -2.12. The third-order valence-electron chi connectivity index (χ3n) is 3.79. The number of benzene rings is 2. The maximum absolute atomic E-state index is 12.2. The topological polar surface area (TPSA) is 57.5 Å². The molecule has 0 bridgehead atoms. The molecule has 24 heavy (non-hydrogen) atoms. The van der Waals surface area contributed by atoms with E-state index in [2.05, 4.69) is 11.8 Å². The third-order valence-corrected chi connectivity index (χ3v) is 3.79. The number of hydrogen-bond acceptors (Lipinski definition) is 3. The minimum atomic E-state index is -1.00. The predicted octanol–water partition coefficient (Wildman–Crippen LogP) is 2.77. The number of carbonyl (C=O) groups is 1. The van der Waals surface area contributed by atoms with E-state index in [1.807, 2.05) is 0 Å². The van der Waals surface area contributed by atoms with Gasteiger partial charge in [-0.2, -0.15) is 0 Å². The zero-order chi connectivity index (χ0) is 17.5. The monoisotopic (exact) mass is 318 g/mol. The van der Waals surface area contributed by atoms with Gasteiger partial charge in [-0.3, -0.25) is 4.79 Å². The summed E-state index contributed by atoms with van der Waals surface area (Å²) in [5.41, 5.74) is 2.17. The van der Waals surface area contributed by atoms with Crippen molar-refractivity contribution in [2.75, 3.05) is 0 Å². The number of hydrogen-bond donors (Lipinski definition) is 2. The Bertz CT molecular complexity index is 741. The highest BCUT2D eigenvalue weighted by molar-refractivity contribution is 5.80. The van der Waals surface area contributed by atoms with Crippen LogP contribution in [0.5, 0.6) is 0 Å². The van der Waals surface area contributed by atoms with Crippen LogP contribution < -0.4 is 0 Å². The van der Waals surface area contributed by atoms with Crippen LogP contribution in [0.25, 0.3) is 0 Å². The number of Topliss-reactive ketones (excluding diaryl/α,β-unsaturated/α-hetero) is 1. The van der Waals surface area contributed by atoms with Gasteiger partial charge in [0.25, 0.3) is 0 Å². The summed E-state index contributed by atoms with van der Waals surface area (Å²) in [6.07, 6.45) is 8.57. The summed E-state index contributed by atoms with van der Waals surface area (Å²) >= 11 is 0. The predicted molar refractivity (Wildman–Crippen MR) is 92.9 cm³/mol. The minimum absolute atomic E-state index is 0.117. The molecule has 0 aliphatic heterocycles. The summed E-state index contributed by atoms with van der Waals surface area (Å²) < 4.78 is 0. The van der Waals surface area contributed by atoms with Crippen LogP contribution in [0.1, 0.15) is 47.3 Å². The molecule has 2 atom stereocenters. The van der Waals surface area contributed by atoms with Crippen molar-refractivity contribution in [2.45, 2.75) is 25.0 Å². The first-order chi connectivity index (χ1) is 11.6. The van der Waals surface area contributed by atoms with Gasteiger partial charge >= 0.3 is 0 Å². The fraction of sp³-hybridized carbons (Fsp3) is 0.190. The van der Waals surface area contributed by atoms with Gasteiger partial charge in [0.05, 0.1) is 12.2 Å². The lowest BCUT2D eigenvalue weighted by Gasteiger charge is -2.15. The molecule has 2 aromatic rings. The summed E-state index contributed by atoms with van der Waals surface area (Å²) in [5, 5.41) is 20.5. The van der Waals surface area contributed by atoms with E-state index >= 15 is 0 Å². The summed E-state index contributed by atoms with van der Waals surface area (Å²) in [4.78, 5) is 12.2. The highest BCUT2D eigenvalue weighted by Gasteiger charge is 2.20. The first kappa shape index (κ1) is 17.5. The van der Waals surface area contributed by atoms with Crippen molar-refractivity contribution in [2.24, 2.45) is 0 Å². The van der Waals surface area contributed by atoms with Gasteiger partial charge in [-0.1, -0.05) is 48.2 Å². The Balaban J connectivity index is 2.05. The van der Waals surface area contributed by atoms with Crippen LogP contribution in [0.4, 0.5) is 0 Å². The molecule has 0 aliphatic carbocycles. The molecule has 0 fully saturated rings. The minimum Gasteiger partial charge on any atom is -0.388 e. The highest BCUT2D eigenvalue weighted by atomic mass is 16.3. The SMILES string of the molecule is C#Cc1ccccc1[C@H](O)CC(=O)C[C@@H](O)c1ccccc1C#C. The van der Waals surface area contributed by atoms with Crippen LogP contribution in [0, 0.1) is 24.7 Å². The van der Waals surface area contributed by atoms with Crippen LogP contribution >= 0.6 is 0 Å². The Morgan fingerprint density at radius 3 is 1.58 bits per heavy atom. The molecule has 0 radical (unpaired) electrons. The smallest absolute Gasteiger partial charge is 0.138 e. The Morgan fingerprint density at radius 2 is 1.21 bits per heavy atom. The first-order valence-electron chi connectivity index (χ1n) is 7.55. The van der Waals surface area contributed by atoms with Crippen LogP contribution in [0.3, 0.4) is 0 Å². The molecule has 0 heterocycles. The third kappa shape index (κ3) is 4.12. The van der Waals surface area contributed by atoms with Crippen molar-refractivity contribution in [3.05, 3.63) is 70.8 Å². The number of rotatable bonds is 6. The average Bonchev–Trinajstić information content (AvgIpc) is 2.61. The molecular weight excluding hydrogens is 300 g/mol. The molecule has 0 unspecified atom stereocenters. The standard InChI is InChI=1S/C21H18O3/c1-3-15-9-5-7-11-18(15)20(23)13-17(22)14-21(24)19-12-8-6-10-16(19)4-2/h1-2,5-12,20-21,23-24H,13-14H2/t20-,21-/m1/s1. The van der Waals surface area contributed by atoms with E-state index in [0.717, 1.165) is 0 Å². The van der Waals surface area contributed by atoms with Crippen molar-refractivity contribution >= 4 is 5.78 Å². The van der Waals surface area contributed by atoms with Gasteiger partial charge in [0, 0.05) is 24.0 Å². The summed E-state index contributed by atoms with van der Waals surface area (Å²) in [7, 11) is 0. The molecule has 0 spiro atoms. The fourth-order valence-corrected chi connectivity index (χ4v) is 2.57. The van der Waals surface area contributed by atoms with E-state index in [1.54, 1.807) is 48.5 Å². The summed E-state index contributed by atoms with van der Waals surface area (Å²) in [6.45, 7) is 0. The number of aliphatic hydroxyl groups is 2. The molecule has 3 heteroatoms. The average molecular weight is 318 g/mol. The second kappa shape index (κ2) is 8.13. The molecule has 3 nitrogen and oxygen atoms in total. The van der Waals surface area contributed by atoms with Gasteiger partial charge in [-0.15, -0.1) is 12.8 Å². The number of terminal acetylenes is 2. The maximum atomic E-state index is 12.2. The highest BCUT2D eigenvalue weighted by Crippen LogP contribution is 2.25. The quantitative estimate of drug-likeness (QED) is 0.805. The Hall–Kier alpha value is -2.85. The van der Waals surface area contributed by atoms with Gasteiger partial charge in [-0.25, -0.2) is 0 Å². The van der Waals surface area contributed by atoms with Gasteiger partial charge < -0.3 is 10.2 Å². The molecule has 0 aromatic heterocycles. The summed E-state index contributed by atoms with van der Waals surface area (Å²) in [6, 6.07) is 13.8. The Labute approximate surface area is 142 Å². The van der Waals surface area contributed by atoms with Crippen molar-refractivity contribution in [1.29, 1.82) is 0 Å². The van der Waals surface area contributed by atoms with Crippen molar-refractivity contribution in [3.63, 3.8) is 0 Å². The van der Waals surface area contributed by atoms with E-state index in [4.69, 9.17) is 12.8 Å². The Kier molecular flexibility index (Phi) is 5.93. The molecule has 0 saturated heterocycles. The van der Waals surface area contributed by atoms with Crippen molar-refractivity contribution < 1.29 is 15.0 Å². The summed E-state index contributed by atoms with van der Waals surface area (Å²) in [5.74, 6) is 4.71. The second-order valence-corrected chi connectivity index (χ2v) is 5.44. The molecule has 0 aliphatic rings. The zero-order valence-electron chi connectivity index (χ0n) is 13.1. The van der Waals surface area contributed by atoms with E-state index in [1.165, 1.54) is 0 Å². The van der Waals surface area contributed by atoms with E-state index in [9.17, 15) is 15.0 Å². The van der Waals surface area contributed by atoms with Gasteiger partial charge in [0.1, 0.15) is 5.78 Å². The van der Waals surface area contributed by atoms with E-state index in [-0.39, 0.29) is 18.6 Å². The molecule has 2 rings (SSSR count). The van der Waals surface area contributed by atoms with Crippen LogP contribution in [-0.2, 0) is 4.79 Å². The van der Waals surface area contributed by atoms with E-state index in [0.29, 0.717) is 22.3 Å². The van der Waals surface area contributed by atoms with Crippen LogP contribution in [0.2, 0.25) is 0 Å². The molecule has 2 aromatic carbocycles. The van der Waals surface area contributed by atoms with Crippen LogP contribution in [0.15, 0.2) is 48.5 Å². The largest absolute Gasteiger partial charge is 0.388 e. The second-order valence-electron chi connectivity index (χ2n) is 5.44. The number of carbonyl (C=O) groups excluding carboxylic acids is 1. The molecule has 2 N–H and O–H groups in total. The first-order valence-corrected chi connectivity index (χ1v) is 7.55. The van der Waals surface area contributed by atoms with Gasteiger partial charge in [0.2, 0.25) is 0 Å². The van der Waals surface area contributed by atoms with Gasteiger partial charge in [-0.05, 0) is 23.3 Å². The van der Waals surface area contributed by atoms with E-state index < -0.39 is 12.2 Å². The lowest BCUT2D eigenvalue weighted by atomic mass is 9.94. The van der Waals surface area contributed by atoms with Crippen LogP contribution in [-0.4, -0.2) is 16.0 Å². The fourth-order valence-electron chi connectivity index (χ4n) is 2.57. The van der Waals surface area contributed by atoms with Crippen molar-refractivity contribution in [1.82, 2.24) is 0 Å². The maximum Gasteiger partial charge on any atom is 0.138 e. The lowest BCUT2D eigenvalue weighted by molar-refractivity contribution is -0.123. The molecule has 0 amide bonds. The normalized spacial score (nSPS) is 12.7. The van der Waals surface area contributed by atoms with Gasteiger partial charge in [0.15, 0.2) is 0 Å². The number of ketones is 1. The number of aliphatic hydroxyl groups excluding tert-OH is 2. The van der Waals surface area contributed by atoms with Crippen molar-refractivity contribution in [3.8, 4) is 24.7 Å². The molecular formula is C21H18O3. The molecule has 120 valence electrons. The Morgan fingerprint density at radius 1 is 0.833 bits per heavy atom. The zero-order valence-corrected chi connectivity index (χ0v) is 13.1.